The fraction of sp³-hybridized carbons (Fsp3) is 0. The van der Waals surface area contributed by atoms with Gasteiger partial charge in [-0.15, -0.1) is 0 Å². The van der Waals surface area contributed by atoms with Crippen molar-refractivity contribution < 1.29 is 0 Å². The predicted molar refractivity (Wildman–Crippen MR) is 70.1 cm³/mol. The molecule has 0 aliphatic heterocycles. The van der Waals surface area contributed by atoms with Gasteiger partial charge in [0.2, 0.25) is 0 Å². The van der Waals surface area contributed by atoms with Gasteiger partial charge in [0.05, 0.1) is 0 Å². The van der Waals surface area contributed by atoms with E-state index in [0.29, 0.717) is 0 Å². The average molecular weight is 217 g/mol. The smallest absolute Gasteiger partial charge is 0.00296 e. The number of rotatable bonds is 1. The lowest BCUT2D eigenvalue weighted by Crippen LogP contribution is -1.75. The minimum absolute atomic E-state index is 1.20. The number of benzene rings is 2. The molecule has 15 heavy (non-hydrogen) atoms. The van der Waals surface area contributed by atoms with E-state index >= 15 is 0 Å². The average Bonchev–Trinajstić information content (AvgIpc) is 2.29. The van der Waals surface area contributed by atoms with E-state index in [1.165, 1.54) is 21.9 Å². The maximum absolute atomic E-state index is 4.76. The molecule has 0 saturated heterocycles. The SMILES string of the molecule is C=CCl.C=Cc1cccc2ccccc12. The molecule has 0 heterocycles. The van der Waals surface area contributed by atoms with E-state index in [4.69, 9.17) is 11.6 Å². The fourth-order valence-electron chi connectivity index (χ4n) is 1.43. The maximum atomic E-state index is 4.76. The second-order valence-corrected chi connectivity index (χ2v) is 3.24. The third-order valence-corrected chi connectivity index (χ3v) is 2.04. The van der Waals surface area contributed by atoms with Crippen molar-refractivity contribution in [2.24, 2.45) is 0 Å². The fourth-order valence-corrected chi connectivity index (χ4v) is 1.43. The first-order chi connectivity index (χ1) is 7.33. The van der Waals surface area contributed by atoms with Crippen LogP contribution in [0.25, 0.3) is 16.8 Å². The van der Waals surface area contributed by atoms with Crippen LogP contribution >= 0.6 is 11.6 Å². The van der Waals surface area contributed by atoms with Gasteiger partial charge in [-0.2, -0.15) is 0 Å². The molecule has 0 aliphatic carbocycles. The Kier molecular flexibility index (Phi) is 4.65. The lowest BCUT2D eigenvalue weighted by atomic mass is 10.1. The van der Waals surface area contributed by atoms with Crippen LogP contribution in [0.2, 0.25) is 0 Å². The summed E-state index contributed by atoms with van der Waals surface area (Å²) < 4.78 is 0. The molecule has 1 heteroatoms. The molecule has 2 aromatic rings. The van der Waals surface area contributed by atoms with Crippen LogP contribution in [0.4, 0.5) is 0 Å². The summed E-state index contributed by atoms with van der Waals surface area (Å²) in [6.45, 7) is 6.91. The molecule has 0 bridgehead atoms. The Morgan fingerprint density at radius 1 is 0.933 bits per heavy atom. The summed E-state index contributed by atoms with van der Waals surface area (Å²) >= 11 is 4.76. The number of hydrogen-bond donors (Lipinski definition) is 0. The van der Waals surface area contributed by atoms with Gasteiger partial charge in [0.25, 0.3) is 0 Å². The molecular weight excluding hydrogens is 204 g/mol. The van der Waals surface area contributed by atoms with E-state index in [1.54, 1.807) is 0 Å². The highest BCUT2D eigenvalue weighted by Crippen LogP contribution is 2.18. The van der Waals surface area contributed by atoms with Gasteiger partial charge in [-0.1, -0.05) is 73.3 Å². The minimum atomic E-state index is 1.20. The van der Waals surface area contributed by atoms with Crippen LogP contribution in [0.15, 0.2) is 61.2 Å². The van der Waals surface area contributed by atoms with Crippen LogP contribution in [0.5, 0.6) is 0 Å². The van der Waals surface area contributed by atoms with E-state index in [2.05, 4.69) is 55.6 Å². The zero-order chi connectivity index (χ0) is 11.1. The highest BCUT2D eigenvalue weighted by molar-refractivity contribution is 6.25. The summed E-state index contributed by atoms with van der Waals surface area (Å²) in [5.41, 5.74) is 2.42. The molecule has 0 aliphatic rings. The highest BCUT2D eigenvalue weighted by atomic mass is 35.5. The molecule has 0 atom stereocenters. The second kappa shape index (κ2) is 6.05. The van der Waals surface area contributed by atoms with Crippen LogP contribution in [-0.2, 0) is 0 Å². The molecular formula is C14H13Cl. The topological polar surface area (TPSA) is 0 Å². The third-order valence-electron chi connectivity index (χ3n) is 2.04. The quantitative estimate of drug-likeness (QED) is 0.639. The zero-order valence-electron chi connectivity index (χ0n) is 8.49. The Bertz CT molecular complexity index is 452. The molecule has 0 N–H and O–H groups in total. The molecule has 0 fully saturated rings. The Morgan fingerprint density at radius 3 is 2.20 bits per heavy atom. The molecule has 0 nitrogen and oxygen atoms in total. The van der Waals surface area contributed by atoms with Crippen molar-refractivity contribution in [2.75, 3.05) is 0 Å². The lowest BCUT2D eigenvalue weighted by molar-refractivity contribution is 1.72. The van der Waals surface area contributed by atoms with Gasteiger partial charge in [-0.25, -0.2) is 0 Å². The van der Waals surface area contributed by atoms with Gasteiger partial charge in [0, 0.05) is 0 Å². The first-order valence-electron chi connectivity index (χ1n) is 4.64. The summed E-state index contributed by atoms with van der Waals surface area (Å²) in [4.78, 5) is 0. The van der Waals surface area contributed by atoms with Crippen molar-refractivity contribution in [1.82, 2.24) is 0 Å². The second-order valence-electron chi connectivity index (χ2n) is 2.93. The molecule has 0 radical (unpaired) electrons. The standard InChI is InChI=1S/C12H10.C2H3Cl/c1-2-10-7-5-8-11-6-3-4-9-12(10)11;1-2-3/h2-9H,1H2;2H,1H2. The van der Waals surface area contributed by atoms with Crippen LogP contribution in [0.1, 0.15) is 5.56 Å². The normalized spacial score (nSPS) is 8.87. The van der Waals surface area contributed by atoms with Gasteiger partial charge >= 0.3 is 0 Å². The molecule has 2 rings (SSSR count). The first-order valence-corrected chi connectivity index (χ1v) is 5.08. The van der Waals surface area contributed by atoms with Crippen LogP contribution in [0.3, 0.4) is 0 Å². The molecule has 0 unspecified atom stereocenters. The monoisotopic (exact) mass is 216 g/mol. The third kappa shape index (κ3) is 2.97. The molecule has 76 valence electrons. The molecule has 2 aromatic carbocycles. The maximum Gasteiger partial charge on any atom is -0.00296 e. The summed E-state index contributed by atoms with van der Waals surface area (Å²) in [6, 6.07) is 14.6. The molecule has 0 saturated carbocycles. The van der Waals surface area contributed by atoms with E-state index in [9.17, 15) is 0 Å². The van der Waals surface area contributed by atoms with Crippen molar-refractivity contribution in [3.8, 4) is 0 Å². The Labute approximate surface area is 95.5 Å². The Morgan fingerprint density at radius 2 is 1.53 bits per heavy atom. The Balaban J connectivity index is 0.000000337. The van der Waals surface area contributed by atoms with Crippen LogP contribution < -0.4 is 0 Å². The number of fused-ring (bicyclic) bond motifs is 1. The van der Waals surface area contributed by atoms with E-state index in [-0.39, 0.29) is 0 Å². The van der Waals surface area contributed by atoms with Crippen LogP contribution in [0, 0.1) is 0 Å². The Hall–Kier alpha value is -1.53. The summed E-state index contributed by atoms with van der Waals surface area (Å²) in [5.74, 6) is 0. The highest BCUT2D eigenvalue weighted by Gasteiger charge is 1.93. The van der Waals surface area contributed by atoms with Crippen LogP contribution in [-0.4, -0.2) is 0 Å². The van der Waals surface area contributed by atoms with Gasteiger partial charge in [0.15, 0.2) is 0 Å². The van der Waals surface area contributed by atoms with E-state index < -0.39 is 0 Å². The summed E-state index contributed by atoms with van der Waals surface area (Å²) in [7, 11) is 0. The van der Waals surface area contributed by atoms with Gasteiger partial charge in [-0.3, -0.25) is 0 Å². The van der Waals surface area contributed by atoms with Crippen molar-refractivity contribution in [3.63, 3.8) is 0 Å². The van der Waals surface area contributed by atoms with E-state index in [1.807, 2.05) is 6.08 Å². The van der Waals surface area contributed by atoms with E-state index in [0.717, 1.165) is 0 Å². The number of halogens is 1. The lowest BCUT2D eigenvalue weighted by Gasteiger charge is -1.99. The van der Waals surface area contributed by atoms with Gasteiger partial charge in [-0.05, 0) is 21.9 Å². The molecule has 0 spiro atoms. The molecule has 0 aromatic heterocycles. The van der Waals surface area contributed by atoms with Crippen molar-refractivity contribution >= 4 is 28.4 Å². The predicted octanol–water partition coefficient (Wildman–Crippen LogP) is 4.85. The largest absolute Gasteiger partial charge is 0.0984 e. The summed E-state index contributed by atoms with van der Waals surface area (Å²) in [5, 5.41) is 2.55. The van der Waals surface area contributed by atoms with Gasteiger partial charge in [0.1, 0.15) is 0 Å². The summed E-state index contributed by atoms with van der Waals surface area (Å²) in [6.07, 6.45) is 1.89. The van der Waals surface area contributed by atoms with Crippen molar-refractivity contribution in [3.05, 3.63) is 66.7 Å². The first kappa shape index (κ1) is 11.5. The number of hydrogen-bond acceptors (Lipinski definition) is 0. The van der Waals surface area contributed by atoms with Gasteiger partial charge < -0.3 is 0 Å². The van der Waals surface area contributed by atoms with Crippen molar-refractivity contribution in [1.29, 1.82) is 0 Å². The zero-order valence-corrected chi connectivity index (χ0v) is 9.24. The molecule has 0 amide bonds. The minimum Gasteiger partial charge on any atom is -0.0984 e. The van der Waals surface area contributed by atoms with Crippen molar-refractivity contribution in [2.45, 2.75) is 0 Å².